The minimum atomic E-state index is 0.452. The van der Waals surface area contributed by atoms with Crippen molar-refractivity contribution in [1.29, 1.82) is 0 Å². The molecule has 0 saturated carbocycles. The monoisotopic (exact) mass is 310 g/mol. The molecule has 4 rings (SSSR count). The predicted octanol–water partition coefficient (Wildman–Crippen LogP) is 1.67. The van der Waals surface area contributed by atoms with Crippen molar-refractivity contribution < 1.29 is 4.79 Å². The SMILES string of the molecule is CN1CCC(n2cc(-c3cnn4c(C=O)cnc4c3)cn2)CC1. The molecule has 4 heterocycles. The summed E-state index contributed by atoms with van der Waals surface area (Å²) in [5, 5.41) is 8.83. The molecule has 0 radical (unpaired) electrons. The van der Waals surface area contributed by atoms with E-state index < -0.39 is 0 Å². The van der Waals surface area contributed by atoms with E-state index in [-0.39, 0.29) is 0 Å². The smallest absolute Gasteiger partial charge is 0.170 e. The first kappa shape index (κ1) is 14.1. The second-order valence-corrected chi connectivity index (χ2v) is 6.06. The van der Waals surface area contributed by atoms with Crippen LogP contribution in [0.25, 0.3) is 16.8 Å². The van der Waals surface area contributed by atoms with Gasteiger partial charge in [-0.05, 0) is 39.0 Å². The molecule has 1 fully saturated rings. The summed E-state index contributed by atoms with van der Waals surface area (Å²) in [6.45, 7) is 2.21. The van der Waals surface area contributed by atoms with Gasteiger partial charge in [-0.15, -0.1) is 0 Å². The quantitative estimate of drug-likeness (QED) is 0.688. The molecular formula is C16H18N6O. The first-order valence-corrected chi connectivity index (χ1v) is 7.76. The van der Waals surface area contributed by atoms with Crippen LogP contribution in [0.15, 0.2) is 30.9 Å². The number of hydrogen-bond donors (Lipinski definition) is 0. The van der Waals surface area contributed by atoms with Crippen molar-refractivity contribution in [3.63, 3.8) is 0 Å². The zero-order chi connectivity index (χ0) is 15.8. The van der Waals surface area contributed by atoms with Crippen LogP contribution in [0.3, 0.4) is 0 Å². The lowest BCUT2D eigenvalue weighted by atomic mass is 10.1. The van der Waals surface area contributed by atoms with Crippen molar-refractivity contribution in [3.05, 3.63) is 36.5 Å². The standard InChI is InChI=1S/C16H18N6O/c1-20-4-2-14(3-5-20)21-10-13(8-18-21)12-6-16-17-9-15(11-23)22(16)19-7-12/h6-11,14H,2-5H2,1H3. The van der Waals surface area contributed by atoms with Crippen LogP contribution in [0.1, 0.15) is 29.4 Å². The van der Waals surface area contributed by atoms with Gasteiger partial charge in [-0.25, -0.2) is 9.50 Å². The summed E-state index contributed by atoms with van der Waals surface area (Å²) >= 11 is 0. The number of likely N-dealkylation sites (tertiary alicyclic amines) is 1. The maximum atomic E-state index is 10.9. The van der Waals surface area contributed by atoms with Gasteiger partial charge < -0.3 is 4.90 Å². The molecule has 0 N–H and O–H groups in total. The molecule has 0 atom stereocenters. The molecule has 7 heteroatoms. The Balaban J connectivity index is 1.62. The molecule has 0 bridgehead atoms. The minimum Gasteiger partial charge on any atom is -0.306 e. The zero-order valence-electron chi connectivity index (χ0n) is 13.0. The third kappa shape index (κ3) is 2.53. The molecule has 0 amide bonds. The van der Waals surface area contributed by atoms with Gasteiger partial charge in [-0.1, -0.05) is 0 Å². The summed E-state index contributed by atoms with van der Waals surface area (Å²) in [5.41, 5.74) is 3.10. The van der Waals surface area contributed by atoms with Crippen molar-refractivity contribution in [3.8, 4) is 11.1 Å². The maximum Gasteiger partial charge on any atom is 0.170 e. The third-order valence-electron chi connectivity index (χ3n) is 4.51. The lowest BCUT2D eigenvalue weighted by Gasteiger charge is -2.28. The van der Waals surface area contributed by atoms with Crippen molar-refractivity contribution in [1.82, 2.24) is 29.3 Å². The Morgan fingerprint density at radius 1 is 1.13 bits per heavy atom. The lowest BCUT2D eigenvalue weighted by Crippen LogP contribution is -2.31. The Hall–Kier alpha value is -2.54. The summed E-state index contributed by atoms with van der Waals surface area (Å²) in [4.78, 5) is 17.5. The molecule has 0 aliphatic carbocycles. The fourth-order valence-corrected chi connectivity index (χ4v) is 3.08. The summed E-state index contributed by atoms with van der Waals surface area (Å²) < 4.78 is 3.60. The minimum absolute atomic E-state index is 0.452. The van der Waals surface area contributed by atoms with Crippen LogP contribution in [0, 0.1) is 0 Å². The second kappa shape index (κ2) is 5.58. The van der Waals surface area contributed by atoms with Gasteiger partial charge in [0.1, 0.15) is 5.69 Å². The number of rotatable bonds is 3. The predicted molar refractivity (Wildman–Crippen MR) is 85.4 cm³/mol. The van der Waals surface area contributed by atoms with E-state index in [4.69, 9.17) is 0 Å². The van der Waals surface area contributed by atoms with Crippen molar-refractivity contribution in [2.75, 3.05) is 20.1 Å². The normalized spacial score (nSPS) is 16.9. The molecule has 0 aromatic carbocycles. The maximum absolute atomic E-state index is 10.9. The van der Waals surface area contributed by atoms with Crippen molar-refractivity contribution in [2.24, 2.45) is 0 Å². The Labute approximate surface area is 133 Å². The van der Waals surface area contributed by atoms with Gasteiger partial charge in [0, 0.05) is 17.3 Å². The van der Waals surface area contributed by atoms with Gasteiger partial charge in [0.05, 0.1) is 24.6 Å². The van der Waals surface area contributed by atoms with E-state index in [1.54, 1.807) is 6.20 Å². The zero-order valence-corrected chi connectivity index (χ0v) is 13.0. The highest BCUT2D eigenvalue weighted by Gasteiger charge is 2.19. The Morgan fingerprint density at radius 3 is 2.70 bits per heavy atom. The van der Waals surface area contributed by atoms with E-state index in [2.05, 4.69) is 38.0 Å². The van der Waals surface area contributed by atoms with Crippen LogP contribution >= 0.6 is 0 Å². The van der Waals surface area contributed by atoms with Crippen LogP contribution in [0.2, 0.25) is 0 Å². The highest BCUT2D eigenvalue weighted by Crippen LogP contribution is 2.25. The number of carbonyl (C=O) groups is 1. The van der Waals surface area contributed by atoms with E-state index >= 15 is 0 Å². The molecule has 3 aromatic heterocycles. The topological polar surface area (TPSA) is 68.3 Å². The highest BCUT2D eigenvalue weighted by molar-refractivity contribution is 5.74. The van der Waals surface area contributed by atoms with E-state index in [9.17, 15) is 4.79 Å². The number of imidazole rings is 1. The summed E-state index contributed by atoms with van der Waals surface area (Å²) in [6, 6.07) is 2.39. The van der Waals surface area contributed by atoms with Gasteiger partial charge in [0.25, 0.3) is 0 Å². The Morgan fingerprint density at radius 2 is 1.91 bits per heavy atom. The fraction of sp³-hybridized carbons (Fsp3) is 0.375. The van der Waals surface area contributed by atoms with E-state index in [1.807, 2.05) is 12.3 Å². The molecule has 0 spiro atoms. The van der Waals surface area contributed by atoms with Crippen LogP contribution in [0.5, 0.6) is 0 Å². The van der Waals surface area contributed by atoms with Crippen LogP contribution in [-0.2, 0) is 0 Å². The van der Waals surface area contributed by atoms with Gasteiger partial charge in [-0.2, -0.15) is 10.2 Å². The van der Waals surface area contributed by atoms with E-state index in [0.29, 0.717) is 17.4 Å². The molecule has 1 aliphatic heterocycles. The Bertz CT molecular complexity index is 843. The summed E-state index contributed by atoms with van der Waals surface area (Å²) in [5.74, 6) is 0. The lowest BCUT2D eigenvalue weighted by molar-refractivity contribution is 0.111. The largest absolute Gasteiger partial charge is 0.306 e. The average molecular weight is 310 g/mol. The van der Waals surface area contributed by atoms with Crippen molar-refractivity contribution >= 4 is 11.9 Å². The van der Waals surface area contributed by atoms with Crippen LogP contribution in [-0.4, -0.2) is 55.7 Å². The number of aromatic nitrogens is 5. The molecular weight excluding hydrogens is 292 g/mol. The van der Waals surface area contributed by atoms with E-state index in [0.717, 1.165) is 43.3 Å². The van der Waals surface area contributed by atoms with E-state index in [1.165, 1.54) is 10.7 Å². The molecule has 7 nitrogen and oxygen atoms in total. The molecule has 1 aliphatic rings. The summed E-state index contributed by atoms with van der Waals surface area (Å²) in [6.07, 6.45) is 10.2. The number of hydrogen-bond acceptors (Lipinski definition) is 5. The number of aldehydes is 1. The van der Waals surface area contributed by atoms with Gasteiger partial charge in [0.2, 0.25) is 0 Å². The van der Waals surface area contributed by atoms with Gasteiger partial charge in [0.15, 0.2) is 11.9 Å². The molecule has 118 valence electrons. The third-order valence-corrected chi connectivity index (χ3v) is 4.51. The van der Waals surface area contributed by atoms with Gasteiger partial charge >= 0.3 is 0 Å². The molecule has 23 heavy (non-hydrogen) atoms. The molecule has 3 aromatic rings. The Kier molecular flexibility index (Phi) is 3.42. The number of fused-ring (bicyclic) bond motifs is 1. The first-order chi connectivity index (χ1) is 11.2. The summed E-state index contributed by atoms with van der Waals surface area (Å²) in [7, 11) is 2.16. The number of carbonyl (C=O) groups excluding carboxylic acids is 1. The number of piperidine rings is 1. The fourth-order valence-electron chi connectivity index (χ4n) is 3.08. The molecule has 0 unspecified atom stereocenters. The highest BCUT2D eigenvalue weighted by atomic mass is 16.1. The van der Waals surface area contributed by atoms with Gasteiger partial charge in [-0.3, -0.25) is 9.48 Å². The number of nitrogens with zero attached hydrogens (tertiary/aromatic N) is 6. The average Bonchev–Trinajstić information content (AvgIpc) is 3.21. The van der Waals surface area contributed by atoms with Crippen molar-refractivity contribution in [2.45, 2.75) is 18.9 Å². The van der Waals surface area contributed by atoms with Crippen LogP contribution < -0.4 is 0 Å². The van der Waals surface area contributed by atoms with Crippen LogP contribution in [0.4, 0.5) is 0 Å². The first-order valence-electron chi connectivity index (χ1n) is 7.76. The molecule has 1 saturated heterocycles. The second-order valence-electron chi connectivity index (χ2n) is 6.06.